The maximum Gasteiger partial charge on any atom is 0.263 e. The molecule has 1 aromatic heterocycles. The van der Waals surface area contributed by atoms with E-state index in [1.54, 1.807) is 24.3 Å². The van der Waals surface area contributed by atoms with E-state index in [-0.39, 0.29) is 32.9 Å². The molecule has 2 aromatic carbocycles. The molecule has 1 N–H and O–H groups in total. The molecule has 0 radical (unpaired) electrons. The zero-order valence-electron chi connectivity index (χ0n) is 12.7. The molecule has 3 aromatic rings. The highest BCUT2D eigenvalue weighted by Crippen LogP contribution is 2.25. The molecule has 130 valence electrons. The summed E-state index contributed by atoms with van der Waals surface area (Å²) in [7, 11) is -3.82. The van der Waals surface area contributed by atoms with Gasteiger partial charge in [0, 0.05) is 16.8 Å². The Morgan fingerprint density at radius 3 is 2.44 bits per heavy atom. The Morgan fingerprint density at radius 2 is 1.76 bits per heavy atom. The van der Waals surface area contributed by atoms with Gasteiger partial charge in [-0.2, -0.15) is 5.10 Å². The van der Waals surface area contributed by atoms with E-state index in [1.807, 2.05) is 0 Å². The van der Waals surface area contributed by atoms with Crippen LogP contribution in [0.25, 0.3) is 0 Å². The first kappa shape index (κ1) is 17.7. The third kappa shape index (κ3) is 3.95. The van der Waals surface area contributed by atoms with Crippen LogP contribution in [0.1, 0.15) is 5.56 Å². The van der Waals surface area contributed by atoms with Crippen molar-refractivity contribution in [2.45, 2.75) is 11.4 Å². The largest absolute Gasteiger partial charge is 0.264 e. The highest BCUT2D eigenvalue weighted by molar-refractivity contribution is 7.92. The van der Waals surface area contributed by atoms with Crippen molar-refractivity contribution in [3.8, 4) is 0 Å². The number of sulfonamides is 1. The molecule has 0 fully saturated rings. The number of nitrogens with one attached hydrogen (secondary N) is 1. The fraction of sp³-hybridized carbons (Fsp3) is 0.0625. The first-order valence-electron chi connectivity index (χ1n) is 7.10. The van der Waals surface area contributed by atoms with Crippen molar-refractivity contribution >= 4 is 39.0 Å². The number of hydrogen-bond acceptors (Lipinski definition) is 3. The summed E-state index contributed by atoms with van der Waals surface area (Å²) in [5.41, 5.74) is 0.237. The standard InChI is InChI=1S/C16H12Cl2FN3O2S/c17-13-7-4-8-15(19)12(13)9-22-10-14(18)16(20-22)21-25(23,24)11-5-2-1-3-6-11/h1-8,10H,9H2,(H,20,21). The summed E-state index contributed by atoms with van der Waals surface area (Å²) in [5.74, 6) is -0.525. The Kier molecular flexibility index (Phi) is 4.99. The van der Waals surface area contributed by atoms with Gasteiger partial charge in [-0.05, 0) is 24.3 Å². The number of nitrogens with zero attached hydrogens (tertiary/aromatic N) is 2. The van der Waals surface area contributed by atoms with E-state index in [0.717, 1.165) is 0 Å². The van der Waals surface area contributed by atoms with Crippen LogP contribution in [0.2, 0.25) is 10.0 Å². The number of aromatic nitrogens is 2. The van der Waals surface area contributed by atoms with E-state index >= 15 is 0 Å². The maximum absolute atomic E-state index is 13.9. The number of halogens is 3. The van der Waals surface area contributed by atoms with Crippen molar-refractivity contribution in [1.29, 1.82) is 0 Å². The highest BCUT2D eigenvalue weighted by Gasteiger charge is 2.18. The summed E-state index contributed by atoms with van der Waals surface area (Å²) >= 11 is 12.0. The lowest BCUT2D eigenvalue weighted by Gasteiger charge is -2.07. The van der Waals surface area contributed by atoms with Crippen LogP contribution in [-0.4, -0.2) is 18.2 Å². The first-order chi connectivity index (χ1) is 11.9. The molecule has 0 spiro atoms. The van der Waals surface area contributed by atoms with Gasteiger partial charge in [0.1, 0.15) is 10.8 Å². The Hall–Kier alpha value is -2.09. The maximum atomic E-state index is 13.9. The van der Waals surface area contributed by atoms with Crippen LogP contribution < -0.4 is 4.72 Å². The molecule has 0 aliphatic rings. The van der Waals surface area contributed by atoms with Crippen LogP contribution >= 0.6 is 23.2 Å². The molecule has 9 heteroatoms. The SMILES string of the molecule is O=S(=O)(Nc1nn(Cc2c(F)cccc2Cl)cc1Cl)c1ccccc1. The number of rotatable bonds is 5. The second-order valence-corrected chi connectivity index (χ2v) is 7.64. The van der Waals surface area contributed by atoms with Gasteiger partial charge in [-0.15, -0.1) is 0 Å². The molecular formula is C16H12Cl2FN3O2S. The number of anilines is 1. The zero-order chi connectivity index (χ0) is 18.0. The fourth-order valence-corrected chi connectivity index (χ4v) is 3.69. The average molecular weight is 400 g/mol. The Bertz CT molecular complexity index is 987. The molecule has 0 bridgehead atoms. The van der Waals surface area contributed by atoms with Crippen LogP contribution in [-0.2, 0) is 16.6 Å². The molecule has 0 aliphatic carbocycles. The van der Waals surface area contributed by atoms with Crippen molar-refractivity contribution in [1.82, 2.24) is 9.78 Å². The second kappa shape index (κ2) is 7.03. The molecule has 0 atom stereocenters. The molecule has 1 heterocycles. The van der Waals surface area contributed by atoms with E-state index in [4.69, 9.17) is 23.2 Å². The third-order valence-corrected chi connectivity index (χ3v) is 5.37. The molecule has 0 aliphatic heterocycles. The predicted octanol–water partition coefficient (Wildman–Crippen LogP) is 4.18. The zero-order valence-corrected chi connectivity index (χ0v) is 15.0. The van der Waals surface area contributed by atoms with Crippen molar-refractivity contribution in [3.63, 3.8) is 0 Å². The fourth-order valence-electron chi connectivity index (χ4n) is 2.18. The van der Waals surface area contributed by atoms with E-state index in [2.05, 4.69) is 9.82 Å². The lowest BCUT2D eigenvalue weighted by Crippen LogP contribution is -2.14. The molecule has 0 saturated heterocycles. The summed E-state index contributed by atoms with van der Waals surface area (Å²) in [6.07, 6.45) is 1.40. The molecular weight excluding hydrogens is 388 g/mol. The number of benzene rings is 2. The Balaban J connectivity index is 1.86. The van der Waals surface area contributed by atoms with Crippen molar-refractivity contribution in [3.05, 3.63) is 76.2 Å². The van der Waals surface area contributed by atoms with Crippen LogP contribution in [0.3, 0.4) is 0 Å². The molecule has 5 nitrogen and oxygen atoms in total. The van der Waals surface area contributed by atoms with Gasteiger partial charge in [-0.25, -0.2) is 12.8 Å². The smallest absolute Gasteiger partial charge is 0.263 e. The number of hydrogen-bond donors (Lipinski definition) is 1. The van der Waals surface area contributed by atoms with Gasteiger partial charge in [0.25, 0.3) is 10.0 Å². The third-order valence-electron chi connectivity index (χ3n) is 3.38. The quantitative estimate of drug-likeness (QED) is 0.699. The van der Waals surface area contributed by atoms with Gasteiger partial charge in [-0.1, -0.05) is 47.5 Å². The van der Waals surface area contributed by atoms with Gasteiger partial charge in [0.05, 0.1) is 11.4 Å². The highest BCUT2D eigenvalue weighted by atomic mass is 35.5. The monoisotopic (exact) mass is 399 g/mol. The summed E-state index contributed by atoms with van der Waals surface area (Å²) in [5, 5.41) is 4.41. The average Bonchev–Trinajstić information content (AvgIpc) is 2.91. The summed E-state index contributed by atoms with van der Waals surface area (Å²) < 4.78 is 42.2. The van der Waals surface area contributed by atoms with Crippen LogP contribution in [0.5, 0.6) is 0 Å². The van der Waals surface area contributed by atoms with E-state index in [1.165, 1.54) is 35.1 Å². The van der Waals surface area contributed by atoms with Crippen molar-refractivity contribution in [2.75, 3.05) is 4.72 Å². The summed E-state index contributed by atoms with van der Waals surface area (Å²) in [4.78, 5) is 0.0813. The second-order valence-electron chi connectivity index (χ2n) is 5.14. The van der Waals surface area contributed by atoms with Gasteiger partial charge in [0.2, 0.25) is 0 Å². The lowest BCUT2D eigenvalue weighted by molar-refractivity contribution is 0.585. The molecule has 3 rings (SSSR count). The minimum absolute atomic E-state index is 0.0122. The van der Waals surface area contributed by atoms with E-state index < -0.39 is 15.8 Å². The van der Waals surface area contributed by atoms with Crippen LogP contribution in [0, 0.1) is 5.82 Å². The minimum atomic E-state index is -3.82. The minimum Gasteiger partial charge on any atom is -0.264 e. The topological polar surface area (TPSA) is 64.0 Å². The van der Waals surface area contributed by atoms with E-state index in [9.17, 15) is 12.8 Å². The normalized spacial score (nSPS) is 11.5. The van der Waals surface area contributed by atoms with Crippen molar-refractivity contribution in [2.24, 2.45) is 0 Å². The van der Waals surface area contributed by atoms with Gasteiger partial charge in [-0.3, -0.25) is 9.40 Å². The predicted molar refractivity (Wildman–Crippen MR) is 95.0 cm³/mol. The molecule has 0 saturated carbocycles. The summed E-state index contributed by atoms with van der Waals surface area (Å²) in [6.45, 7) is 0.0122. The van der Waals surface area contributed by atoms with Gasteiger partial charge >= 0.3 is 0 Å². The van der Waals surface area contributed by atoms with Crippen molar-refractivity contribution < 1.29 is 12.8 Å². The summed E-state index contributed by atoms with van der Waals surface area (Å²) in [6, 6.07) is 12.2. The van der Waals surface area contributed by atoms with Gasteiger partial charge < -0.3 is 0 Å². The Morgan fingerprint density at radius 1 is 1.04 bits per heavy atom. The van der Waals surface area contributed by atoms with E-state index in [0.29, 0.717) is 0 Å². The molecule has 0 amide bonds. The first-order valence-corrected chi connectivity index (χ1v) is 9.34. The van der Waals surface area contributed by atoms with Crippen LogP contribution in [0.15, 0.2) is 59.6 Å². The Labute approximate surface area is 154 Å². The lowest BCUT2D eigenvalue weighted by atomic mass is 10.2. The van der Waals surface area contributed by atoms with Crippen LogP contribution in [0.4, 0.5) is 10.2 Å². The van der Waals surface area contributed by atoms with Gasteiger partial charge in [0.15, 0.2) is 5.82 Å². The molecule has 0 unspecified atom stereocenters. The molecule has 25 heavy (non-hydrogen) atoms.